The number of hydrogen-bond donors (Lipinski definition) is 2. The molecule has 6 heteroatoms. The predicted molar refractivity (Wildman–Crippen MR) is 73.1 cm³/mol. The molecule has 2 amide bonds. The lowest BCUT2D eigenvalue weighted by Gasteiger charge is -2.24. The van der Waals surface area contributed by atoms with Crippen LogP contribution in [0.2, 0.25) is 0 Å². The average molecular weight is 268 g/mol. The predicted octanol–water partition coefficient (Wildman–Crippen LogP) is 1.54. The Hall–Kier alpha value is -2.76. The van der Waals surface area contributed by atoms with Gasteiger partial charge >= 0.3 is 0 Å². The first-order valence-electron chi connectivity index (χ1n) is 6.21. The SMILES string of the molecule is O=C1CC(C(=O)Nc2ncccn2)c2ccccc2N1. The summed E-state index contributed by atoms with van der Waals surface area (Å²) in [7, 11) is 0. The van der Waals surface area contributed by atoms with Gasteiger partial charge < -0.3 is 5.32 Å². The fourth-order valence-corrected chi connectivity index (χ4v) is 2.21. The highest BCUT2D eigenvalue weighted by Gasteiger charge is 2.30. The van der Waals surface area contributed by atoms with Gasteiger partial charge in [-0.05, 0) is 17.7 Å². The van der Waals surface area contributed by atoms with Crippen molar-refractivity contribution in [2.24, 2.45) is 0 Å². The van der Waals surface area contributed by atoms with E-state index in [9.17, 15) is 9.59 Å². The molecule has 0 aliphatic carbocycles. The fraction of sp³-hybridized carbons (Fsp3) is 0.143. The summed E-state index contributed by atoms with van der Waals surface area (Å²) in [4.78, 5) is 31.9. The minimum Gasteiger partial charge on any atom is -0.326 e. The second-order valence-corrected chi connectivity index (χ2v) is 4.45. The second kappa shape index (κ2) is 5.08. The van der Waals surface area contributed by atoms with E-state index < -0.39 is 5.92 Å². The van der Waals surface area contributed by atoms with Gasteiger partial charge in [-0.15, -0.1) is 0 Å². The molecular weight excluding hydrogens is 256 g/mol. The maximum atomic E-state index is 12.3. The molecule has 1 aromatic heterocycles. The van der Waals surface area contributed by atoms with Crippen LogP contribution in [0.4, 0.5) is 11.6 Å². The van der Waals surface area contributed by atoms with Gasteiger partial charge in [0.1, 0.15) is 0 Å². The number of benzene rings is 1. The van der Waals surface area contributed by atoms with Gasteiger partial charge in [0.15, 0.2) is 0 Å². The van der Waals surface area contributed by atoms with E-state index in [2.05, 4.69) is 20.6 Å². The monoisotopic (exact) mass is 268 g/mol. The van der Waals surface area contributed by atoms with Crippen molar-refractivity contribution in [2.75, 3.05) is 10.6 Å². The number of anilines is 2. The zero-order valence-corrected chi connectivity index (χ0v) is 10.5. The Labute approximate surface area is 115 Å². The second-order valence-electron chi connectivity index (χ2n) is 4.45. The number of amides is 2. The lowest BCUT2D eigenvalue weighted by atomic mass is 9.90. The van der Waals surface area contributed by atoms with Crippen LogP contribution in [0.3, 0.4) is 0 Å². The molecule has 0 saturated heterocycles. The Morgan fingerprint density at radius 3 is 2.75 bits per heavy atom. The van der Waals surface area contributed by atoms with Crippen LogP contribution in [0.1, 0.15) is 17.9 Å². The van der Waals surface area contributed by atoms with Crippen molar-refractivity contribution in [3.05, 3.63) is 48.3 Å². The molecule has 1 aliphatic rings. The van der Waals surface area contributed by atoms with Gasteiger partial charge in [0.05, 0.1) is 5.92 Å². The summed E-state index contributed by atoms with van der Waals surface area (Å²) in [5, 5.41) is 5.39. The van der Waals surface area contributed by atoms with Crippen LogP contribution in [0.15, 0.2) is 42.7 Å². The molecule has 2 heterocycles. The van der Waals surface area contributed by atoms with Crippen molar-refractivity contribution in [3.8, 4) is 0 Å². The topological polar surface area (TPSA) is 84.0 Å². The molecule has 1 unspecified atom stereocenters. The van der Waals surface area contributed by atoms with Crippen LogP contribution < -0.4 is 10.6 Å². The third-order valence-electron chi connectivity index (χ3n) is 3.12. The summed E-state index contributed by atoms with van der Waals surface area (Å²) in [5.74, 6) is -0.735. The molecular formula is C14H12N4O2. The third kappa shape index (κ3) is 2.35. The molecule has 0 bridgehead atoms. The molecule has 2 aromatic rings. The quantitative estimate of drug-likeness (QED) is 0.865. The fourth-order valence-electron chi connectivity index (χ4n) is 2.21. The van der Waals surface area contributed by atoms with Crippen molar-refractivity contribution in [3.63, 3.8) is 0 Å². The van der Waals surface area contributed by atoms with Crippen molar-refractivity contribution >= 4 is 23.5 Å². The van der Waals surface area contributed by atoms with Crippen molar-refractivity contribution < 1.29 is 9.59 Å². The van der Waals surface area contributed by atoms with Crippen molar-refractivity contribution in [1.82, 2.24) is 9.97 Å². The summed E-state index contributed by atoms with van der Waals surface area (Å²) in [5.41, 5.74) is 1.48. The molecule has 6 nitrogen and oxygen atoms in total. The van der Waals surface area contributed by atoms with Gasteiger partial charge in [-0.2, -0.15) is 0 Å². The van der Waals surface area contributed by atoms with E-state index in [0.29, 0.717) is 5.69 Å². The average Bonchev–Trinajstić information content (AvgIpc) is 2.47. The van der Waals surface area contributed by atoms with Crippen molar-refractivity contribution in [1.29, 1.82) is 0 Å². The lowest BCUT2D eigenvalue weighted by Crippen LogP contribution is -2.31. The number of hydrogen-bond acceptors (Lipinski definition) is 4. The number of aromatic nitrogens is 2. The van der Waals surface area contributed by atoms with E-state index in [0.717, 1.165) is 5.56 Å². The first-order chi connectivity index (χ1) is 9.74. The highest BCUT2D eigenvalue weighted by atomic mass is 16.2. The van der Waals surface area contributed by atoms with Crippen LogP contribution in [-0.2, 0) is 9.59 Å². The molecule has 2 N–H and O–H groups in total. The highest BCUT2D eigenvalue weighted by Crippen LogP contribution is 2.32. The zero-order valence-electron chi connectivity index (χ0n) is 10.5. The Morgan fingerprint density at radius 1 is 1.20 bits per heavy atom. The van der Waals surface area contributed by atoms with E-state index in [1.54, 1.807) is 24.5 Å². The molecule has 0 saturated carbocycles. The number of rotatable bonds is 2. The standard InChI is InChI=1S/C14H12N4O2/c19-12-8-10(9-4-1-2-5-11(9)17-12)13(20)18-14-15-6-3-7-16-14/h1-7,10H,8H2,(H,17,19)(H,15,16,18,20). The van der Waals surface area contributed by atoms with E-state index in [1.807, 2.05) is 18.2 Å². The molecule has 1 aromatic carbocycles. The maximum absolute atomic E-state index is 12.3. The van der Waals surface area contributed by atoms with Gasteiger partial charge in [-0.3, -0.25) is 14.9 Å². The Bertz CT molecular complexity index is 657. The maximum Gasteiger partial charge on any atom is 0.234 e. The molecule has 20 heavy (non-hydrogen) atoms. The summed E-state index contributed by atoms with van der Waals surface area (Å²) >= 11 is 0. The largest absolute Gasteiger partial charge is 0.326 e. The number of nitrogens with zero attached hydrogens (tertiary/aromatic N) is 2. The van der Waals surface area contributed by atoms with Gasteiger partial charge in [0.2, 0.25) is 17.8 Å². The minimum absolute atomic E-state index is 0.121. The number of para-hydroxylation sites is 1. The summed E-state index contributed by atoms with van der Waals surface area (Å²) in [6, 6.07) is 8.95. The van der Waals surface area contributed by atoms with Gasteiger partial charge in [-0.1, -0.05) is 18.2 Å². The molecule has 100 valence electrons. The first kappa shape index (κ1) is 12.3. The smallest absolute Gasteiger partial charge is 0.234 e. The molecule has 1 aliphatic heterocycles. The molecule has 3 rings (SSSR count). The summed E-state index contributed by atoms with van der Waals surface area (Å²) < 4.78 is 0. The lowest BCUT2D eigenvalue weighted by molar-refractivity contribution is -0.123. The molecule has 1 atom stereocenters. The first-order valence-corrected chi connectivity index (χ1v) is 6.21. The Morgan fingerprint density at radius 2 is 1.95 bits per heavy atom. The van der Waals surface area contributed by atoms with Crippen LogP contribution >= 0.6 is 0 Å². The number of fused-ring (bicyclic) bond motifs is 1. The van der Waals surface area contributed by atoms with Gasteiger partial charge in [0.25, 0.3) is 0 Å². The van der Waals surface area contributed by atoms with Crippen LogP contribution in [0, 0.1) is 0 Å². The molecule has 0 spiro atoms. The van der Waals surface area contributed by atoms with E-state index in [4.69, 9.17) is 0 Å². The number of carbonyl (C=O) groups is 2. The van der Waals surface area contributed by atoms with Gasteiger partial charge in [-0.25, -0.2) is 9.97 Å². The summed E-state index contributed by atoms with van der Waals surface area (Å²) in [6.07, 6.45) is 3.21. The van der Waals surface area contributed by atoms with Gasteiger partial charge in [0, 0.05) is 24.5 Å². The van der Waals surface area contributed by atoms with Crippen molar-refractivity contribution in [2.45, 2.75) is 12.3 Å². The zero-order chi connectivity index (χ0) is 13.9. The number of carbonyl (C=O) groups excluding carboxylic acids is 2. The van der Waals surface area contributed by atoms with Crippen LogP contribution in [0.25, 0.3) is 0 Å². The third-order valence-corrected chi connectivity index (χ3v) is 3.12. The highest BCUT2D eigenvalue weighted by molar-refractivity contribution is 6.04. The van der Waals surface area contributed by atoms with Crippen LogP contribution in [0.5, 0.6) is 0 Å². The van der Waals surface area contributed by atoms with Crippen LogP contribution in [-0.4, -0.2) is 21.8 Å². The normalized spacial score (nSPS) is 17.0. The van der Waals surface area contributed by atoms with E-state index in [-0.39, 0.29) is 24.2 Å². The molecule has 0 radical (unpaired) electrons. The Balaban J connectivity index is 1.87. The summed E-state index contributed by atoms with van der Waals surface area (Å²) in [6.45, 7) is 0. The molecule has 0 fully saturated rings. The Kier molecular flexibility index (Phi) is 3.12. The minimum atomic E-state index is -0.524. The van der Waals surface area contributed by atoms with E-state index >= 15 is 0 Å². The number of nitrogens with one attached hydrogen (secondary N) is 2. The van der Waals surface area contributed by atoms with E-state index in [1.165, 1.54) is 0 Å².